The molecule has 1 aromatic rings. The molecule has 17 heavy (non-hydrogen) atoms. The van der Waals surface area contributed by atoms with Gasteiger partial charge in [0.15, 0.2) is 0 Å². The standard InChI is InChI=1S/C14H20N2O/c1-11-6-5-8-13(10-11)15-14(17)16-9-4-3-7-12(16)2/h5-6,8,10,12H,3-4,7,9H2,1-2H3,(H,15,17)/t12-/m1/s1. The van der Waals surface area contributed by atoms with Crippen molar-refractivity contribution in [1.82, 2.24) is 4.90 Å². The molecule has 2 amide bonds. The van der Waals surface area contributed by atoms with E-state index in [4.69, 9.17) is 0 Å². The van der Waals surface area contributed by atoms with Gasteiger partial charge in [-0.2, -0.15) is 0 Å². The van der Waals surface area contributed by atoms with Crippen molar-refractivity contribution in [2.75, 3.05) is 11.9 Å². The Morgan fingerprint density at radius 2 is 2.24 bits per heavy atom. The highest BCUT2D eigenvalue weighted by atomic mass is 16.2. The molecule has 92 valence electrons. The lowest BCUT2D eigenvalue weighted by molar-refractivity contribution is 0.170. The molecule has 1 saturated heterocycles. The summed E-state index contributed by atoms with van der Waals surface area (Å²) in [5.41, 5.74) is 2.04. The third kappa shape index (κ3) is 2.99. The number of likely N-dealkylation sites (tertiary alicyclic amines) is 1. The highest BCUT2D eigenvalue weighted by molar-refractivity contribution is 5.89. The number of carbonyl (C=O) groups is 1. The molecular formula is C14H20N2O. The molecule has 0 saturated carbocycles. The summed E-state index contributed by atoms with van der Waals surface area (Å²) in [6.07, 6.45) is 3.46. The number of aryl methyl sites for hydroxylation is 1. The van der Waals surface area contributed by atoms with Gasteiger partial charge in [0.25, 0.3) is 0 Å². The second-order valence-electron chi connectivity index (χ2n) is 4.84. The smallest absolute Gasteiger partial charge is 0.322 e. The minimum atomic E-state index is 0.0304. The van der Waals surface area contributed by atoms with Crippen molar-refractivity contribution in [3.05, 3.63) is 29.8 Å². The van der Waals surface area contributed by atoms with Gasteiger partial charge in [0.2, 0.25) is 0 Å². The van der Waals surface area contributed by atoms with E-state index in [1.807, 2.05) is 36.1 Å². The van der Waals surface area contributed by atoms with E-state index in [2.05, 4.69) is 12.2 Å². The summed E-state index contributed by atoms with van der Waals surface area (Å²) >= 11 is 0. The van der Waals surface area contributed by atoms with Crippen molar-refractivity contribution >= 4 is 11.7 Å². The topological polar surface area (TPSA) is 32.3 Å². The number of hydrogen-bond acceptors (Lipinski definition) is 1. The third-order valence-electron chi connectivity index (χ3n) is 3.33. The van der Waals surface area contributed by atoms with Gasteiger partial charge in [-0.25, -0.2) is 4.79 Å². The maximum Gasteiger partial charge on any atom is 0.322 e. The largest absolute Gasteiger partial charge is 0.322 e. The monoisotopic (exact) mass is 232 g/mol. The van der Waals surface area contributed by atoms with E-state index in [0.717, 1.165) is 30.6 Å². The molecule has 0 aromatic heterocycles. The van der Waals surface area contributed by atoms with Crippen LogP contribution in [0.5, 0.6) is 0 Å². The number of nitrogens with one attached hydrogen (secondary N) is 1. The first-order valence-electron chi connectivity index (χ1n) is 6.31. The van der Waals surface area contributed by atoms with Gasteiger partial charge in [0.1, 0.15) is 0 Å². The summed E-state index contributed by atoms with van der Waals surface area (Å²) in [6, 6.07) is 8.30. The lowest BCUT2D eigenvalue weighted by atomic mass is 10.0. The average Bonchev–Trinajstić information content (AvgIpc) is 2.29. The van der Waals surface area contributed by atoms with E-state index in [-0.39, 0.29) is 6.03 Å². The Morgan fingerprint density at radius 1 is 1.41 bits per heavy atom. The van der Waals surface area contributed by atoms with E-state index in [1.165, 1.54) is 6.42 Å². The molecule has 0 aliphatic carbocycles. The Hall–Kier alpha value is -1.51. The third-order valence-corrected chi connectivity index (χ3v) is 3.33. The summed E-state index contributed by atoms with van der Waals surface area (Å²) in [5.74, 6) is 0. The number of carbonyl (C=O) groups excluding carboxylic acids is 1. The molecule has 0 unspecified atom stereocenters. The Morgan fingerprint density at radius 3 is 2.94 bits per heavy atom. The number of hydrogen-bond donors (Lipinski definition) is 1. The molecule has 1 aliphatic heterocycles. The molecule has 1 N–H and O–H groups in total. The second kappa shape index (κ2) is 5.21. The molecule has 0 radical (unpaired) electrons. The fraction of sp³-hybridized carbons (Fsp3) is 0.500. The number of amides is 2. The van der Waals surface area contributed by atoms with Crippen molar-refractivity contribution in [1.29, 1.82) is 0 Å². The van der Waals surface area contributed by atoms with Gasteiger partial charge in [-0.1, -0.05) is 12.1 Å². The van der Waals surface area contributed by atoms with Gasteiger partial charge in [0, 0.05) is 18.3 Å². The molecule has 3 nitrogen and oxygen atoms in total. The highest BCUT2D eigenvalue weighted by Gasteiger charge is 2.22. The van der Waals surface area contributed by atoms with Crippen LogP contribution < -0.4 is 5.32 Å². The van der Waals surface area contributed by atoms with Crippen LogP contribution in [0.25, 0.3) is 0 Å². The molecule has 1 atom stereocenters. The first kappa shape index (κ1) is 12.0. The van der Waals surface area contributed by atoms with Gasteiger partial charge in [0.05, 0.1) is 0 Å². The van der Waals surface area contributed by atoms with Gasteiger partial charge >= 0.3 is 6.03 Å². The number of urea groups is 1. The van der Waals surface area contributed by atoms with Crippen LogP contribution in [0, 0.1) is 6.92 Å². The Balaban J connectivity index is 2.01. The van der Waals surface area contributed by atoms with Crippen molar-refractivity contribution in [2.45, 2.75) is 39.2 Å². The van der Waals surface area contributed by atoms with Crippen LogP contribution >= 0.6 is 0 Å². The van der Waals surface area contributed by atoms with Crippen LogP contribution in [0.15, 0.2) is 24.3 Å². The summed E-state index contributed by atoms with van der Waals surface area (Å²) in [4.78, 5) is 14.0. The van der Waals surface area contributed by atoms with Gasteiger partial charge in [-0.05, 0) is 50.8 Å². The van der Waals surface area contributed by atoms with Crippen LogP contribution in [0.3, 0.4) is 0 Å². The minimum Gasteiger partial charge on any atom is -0.322 e. The van der Waals surface area contributed by atoms with E-state index in [0.29, 0.717) is 6.04 Å². The normalized spacial score (nSPS) is 20.1. The number of anilines is 1. The Bertz CT molecular complexity index is 403. The van der Waals surface area contributed by atoms with E-state index < -0.39 is 0 Å². The van der Waals surface area contributed by atoms with Crippen LogP contribution in [0.1, 0.15) is 31.7 Å². The predicted molar refractivity (Wildman–Crippen MR) is 70.2 cm³/mol. The molecule has 1 heterocycles. The maximum atomic E-state index is 12.1. The lowest BCUT2D eigenvalue weighted by Gasteiger charge is -2.33. The quantitative estimate of drug-likeness (QED) is 0.790. The summed E-state index contributed by atoms with van der Waals surface area (Å²) in [6.45, 7) is 5.02. The molecule has 1 aromatic carbocycles. The van der Waals surface area contributed by atoms with Crippen LogP contribution in [0.4, 0.5) is 10.5 Å². The summed E-state index contributed by atoms with van der Waals surface area (Å²) in [7, 11) is 0. The maximum absolute atomic E-state index is 12.1. The van der Waals surface area contributed by atoms with Crippen molar-refractivity contribution in [3.8, 4) is 0 Å². The van der Waals surface area contributed by atoms with E-state index in [9.17, 15) is 4.79 Å². The molecule has 2 rings (SSSR count). The zero-order chi connectivity index (χ0) is 12.3. The molecular weight excluding hydrogens is 212 g/mol. The fourth-order valence-corrected chi connectivity index (χ4v) is 2.32. The minimum absolute atomic E-state index is 0.0304. The zero-order valence-corrected chi connectivity index (χ0v) is 10.6. The van der Waals surface area contributed by atoms with Crippen LogP contribution in [-0.4, -0.2) is 23.5 Å². The summed E-state index contributed by atoms with van der Waals surface area (Å²) in [5, 5.41) is 2.97. The SMILES string of the molecule is Cc1cccc(NC(=O)N2CCCC[C@H]2C)c1. The van der Waals surface area contributed by atoms with Gasteiger partial charge < -0.3 is 10.2 Å². The van der Waals surface area contributed by atoms with Crippen molar-refractivity contribution < 1.29 is 4.79 Å². The lowest BCUT2D eigenvalue weighted by Crippen LogP contribution is -2.44. The fourth-order valence-electron chi connectivity index (χ4n) is 2.32. The number of rotatable bonds is 1. The molecule has 0 spiro atoms. The van der Waals surface area contributed by atoms with Crippen molar-refractivity contribution in [3.63, 3.8) is 0 Å². The van der Waals surface area contributed by atoms with E-state index >= 15 is 0 Å². The Kier molecular flexibility index (Phi) is 3.67. The zero-order valence-electron chi connectivity index (χ0n) is 10.6. The predicted octanol–water partition coefficient (Wildman–Crippen LogP) is 3.40. The van der Waals surface area contributed by atoms with Crippen molar-refractivity contribution in [2.24, 2.45) is 0 Å². The highest BCUT2D eigenvalue weighted by Crippen LogP contribution is 2.18. The Labute approximate surface area is 103 Å². The molecule has 1 fully saturated rings. The second-order valence-corrected chi connectivity index (χ2v) is 4.84. The van der Waals surface area contributed by atoms with E-state index in [1.54, 1.807) is 0 Å². The van der Waals surface area contributed by atoms with Gasteiger partial charge in [-0.3, -0.25) is 0 Å². The first-order valence-corrected chi connectivity index (χ1v) is 6.31. The first-order chi connectivity index (χ1) is 8.16. The molecule has 3 heteroatoms. The number of benzene rings is 1. The average molecular weight is 232 g/mol. The van der Waals surface area contributed by atoms with Crippen LogP contribution in [-0.2, 0) is 0 Å². The number of piperidine rings is 1. The van der Waals surface area contributed by atoms with Gasteiger partial charge in [-0.15, -0.1) is 0 Å². The van der Waals surface area contributed by atoms with Crippen LogP contribution in [0.2, 0.25) is 0 Å². The number of nitrogens with zero attached hydrogens (tertiary/aromatic N) is 1. The molecule has 1 aliphatic rings. The summed E-state index contributed by atoms with van der Waals surface area (Å²) < 4.78 is 0. The molecule has 0 bridgehead atoms.